The first-order chi connectivity index (χ1) is 12.4. The molecular formula is C20H27N3O2S. The van der Waals surface area contributed by atoms with E-state index < -0.39 is 9.84 Å². The second kappa shape index (κ2) is 9.38. The molecule has 0 aliphatic heterocycles. The van der Waals surface area contributed by atoms with Crippen molar-refractivity contribution in [3.63, 3.8) is 0 Å². The Hall–Kier alpha value is -2.34. The van der Waals surface area contributed by atoms with Gasteiger partial charge in [0, 0.05) is 20.1 Å². The Kier molecular flexibility index (Phi) is 7.21. The molecule has 26 heavy (non-hydrogen) atoms. The molecule has 2 rings (SSSR count). The van der Waals surface area contributed by atoms with Crippen molar-refractivity contribution in [2.24, 2.45) is 4.99 Å². The first-order valence-corrected chi connectivity index (χ1v) is 10.4. The van der Waals surface area contributed by atoms with E-state index in [0.29, 0.717) is 17.4 Å². The van der Waals surface area contributed by atoms with Crippen LogP contribution in [0.15, 0.2) is 64.5 Å². The van der Waals surface area contributed by atoms with Gasteiger partial charge in [-0.1, -0.05) is 42.5 Å². The third-order valence-corrected chi connectivity index (χ3v) is 5.80. The van der Waals surface area contributed by atoms with Gasteiger partial charge in [-0.3, -0.25) is 4.99 Å². The van der Waals surface area contributed by atoms with E-state index in [1.54, 1.807) is 30.3 Å². The first-order valence-electron chi connectivity index (χ1n) is 8.76. The Bertz CT molecular complexity index is 833. The van der Waals surface area contributed by atoms with Crippen LogP contribution in [0.25, 0.3) is 0 Å². The second-order valence-electron chi connectivity index (χ2n) is 6.15. The first kappa shape index (κ1) is 20.0. The van der Waals surface area contributed by atoms with Crippen molar-refractivity contribution in [3.8, 4) is 0 Å². The van der Waals surface area contributed by atoms with Crippen molar-refractivity contribution in [2.45, 2.75) is 25.3 Å². The molecule has 2 aromatic rings. The molecule has 0 fully saturated rings. The molecule has 0 aromatic heterocycles. The van der Waals surface area contributed by atoms with Crippen molar-refractivity contribution in [2.75, 3.05) is 25.9 Å². The van der Waals surface area contributed by atoms with Gasteiger partial charge < -0.3 is 10.2 Å². The summed E-state index contributed by atoms with van der Waals surface area (Å²) in [5.41, 5.74) is 2.44. The van der Waals surface area contributed by atoms with E-state index in [-0.39, 0.29) is 12.3 Å². The van der Waals surface area contributed by atoms with Crippen LogP contribution in [-0.4, -0.2) is 45.2 Å². The molecule has 0 aliphatic carbocycles. The summed E-state index contributed by atoms with van der Waals surface area (Å²) in [4.78, 5) is 6.86. The minimum Gasteiger partial charge on any atom is -0.357 e. The van der Waals surface area contributed by atoms with Crippen LogP contribution >= 0.6 is 0 Å². The molecule has 0 atom stereocenters. The molecule has 0 unspecified atom stereocenters. The van der Waals surface area contributed by atoms with E-state index in [9.17, 15) is 8.42 Å². The van der Waals surface area contributed by atoms with Gasteiger partial charge in [-0.15, -0.1) is 0 Å². The van der Waals surface area contributed by atoms with Crippen molar-refractivity contribution in [1.29, 1.82) is 0 Å². The lowest BCUT2D eigenvalue weighted by Gasteiger charge is -2.23. The fourth-order valence-electron chi connectivity index (χ4n) is 2.60. The molecule has 1 N–H and O–H groups in total. The maximum absolute atomic E-state index is 12.4. The minimum atomic E-state index is -3.32. The summed E-state index contributed by atoms with van der Waals surface area (Å²) in [6, 6.07) is 16.7. The smallest absolute Gasteiger partial charge is 0.193 e. The summed E-state index contributed by atoms with van der Waals surface area (Å²) >= 11 is 0. The molecule has 2 aromatic carbocycles. The fourth-order valence-corrected chi connectivity index (χ4v) is 3.74. The van der Waals surface area contributed by atoms with Crippen molar-refractivity contribution in [1.82, 2.24) is 10.2 Å². The highest BCUT2D eigenvalue weighted by Crippen LogP contribution is 2.11. The van der Waals surface area contributed by atoms with Gasteiger partial charge in [-0.05, 0) is 37.1 Å². The van der Waals surface area contributed by atoms with Crippen molar-refractivity contribution >= 4 is 15.8 Å². The number of benzene rings is 2. The number of nitrogens with one attached hydrogen (secondary N) is 1. The van der Waals surface area contributed by atoms with E-state index in [4.69, 9.17) is 0 Å². The van der Waals surface area contributed by atoms with Gasteiger partial charge in [0.25, 0.3) is 0 Å². The molecule has 0 heterocycles. The van der Waals surface area contributed by atoms with Gasteiger partial charge in [-0.2, -0.15) is 0 Å². The van der Waals surface area contributed by atoms with Gasteiger partial charge in [0.15, 0.2) is 15.8 Å². The molecule has 6 heteroatoms. The Morgan fingerprint density at radius 1 is 1.08 bits per heavy atom. The number of guanidine groups is 1. The number of aliphatic imine (C=N–C) groups is 1. The number of nitrogens with zero attached hydrogens (tertiary/aromatic N) is 2. The van der Waals surface area contributed by atoms with Crippen molar-refractivity contribution in [3.05, 3.63) is 65.7 Å². The molecule has 5 nitrogen and oxygen atoms in total. The highest BCUT2D eigenvalue weighted by molar-refractivity contribution is 7.91. The number of hydrogen-bond donors (Lipinski definition) is 1. The molecule has 0 bridgehead atoms. The summed E-state index contributed by atoms with van der Waals surface area (Å²) < 4.78 is 24.7. The summed E-state index contributed by atoms with van der Waals surface area (Å²) in [6.07, 6.45) is 0. The second-order valence-corrected chi connectivity index (χ2v) is 8.26. The van der Waals surface area contributed by atoms with E-state index in [1.165, 1.54) is 11.1 Å². The van der Waals surface area contributed by atoms with Gasteiger partial charge in [-0.25, -0.2) is 8.42 Å². The Morgan fingerprint density at radius 2 is 1.73 bits per heavy atom. The zero-order chi connectivity index (χ0) is 19.0. The molecule has 0 amide bonds. The maximum Gasteiger partial charge on any atom is 0.193 e. The molecule has 0 saturated heterocycles. The standard InChI is InChI=1S/C20H27N3O2S/c1-4-21-20(23(3)16-18-11-9-8-10-17(18)2)22-14-15-26(24,25)19-12-6-5-7-13-19/h5-13H,4,14-16H2,1-3H3,(H,21,22). The van der Waals surface area contributed by atoms with Crippen LogP contribution in [0.5, 0.6) is 0 Å². The normalized spacial score (nSPS) is 12.0. The SMILES string of the molecule is CCNC(=NCCS(=O)(=O)c1ccccc1)N(C)Cc1ccccc1C. The summed E-state index contributed by atoms with van der Waals surface area (Å²) in [5, 5.41) is 3.23. The summed E-state index contributed by atoms with van der Waals surface area (Å²) in [7, 11) is -1.36. The summed E-state index contributed by atoms with van der Waals surface area (Å²) in [5.74, 6) is 0.698. The lowest BCUT2D eigenvalue weighted by atomic mass is 10.1. The highest BCUT2D eigenvalue weighted by atomic mass is 32.2. The Balaban J connectivity index is 2.05. The third-order valence-electron chi connectivity index (χ3n) is 4.09. The lowest BCUT2D eigenvalue weighted by Crippen LogP contribution is -2.39. The quantitative estimate of drug-likeness (QED) is 0.599. The predicted octanol–water partition coefficient (Wildman–Crippen LogP) is 2.87. The molecule has 0 saturated carbocycles. The number of rotatable bonds is 7. The molecule has 0 aliphatic rings. The van der Waals surface area contributed by atoms with Crippen LogP contribution in [0.2, 0.25) is 0 Å². The molecule has 0 spiro atoms. The lowest BCUT2D eigenvalue weighted by molar-refractivity contribution is 0.476. The van der Waals surface area contributed by atoms with Gasteiger partial charge in [0.1, 0.15) is 0 Å². The van der Waals surface area contributed by atoms with Gasteiger partial charge in [0.05, 0.1) is 17.2 Å². The topological polar surface area (TPSA) is 61.8 Å². The minimum absolute atomic E-state index is 0.00981. The zero-order valence-electron chi connectivity index (χ0n) is 15.6. The van der Waals surface area contributed by atoms with Crippen molar-refractivity contribution < 1.29 is 8.42 Å². The molecule has 140 valence electrons. The van der Waals surface area contributed by atoms with E-state index in [1.807, 2.05) is 31.0 Å². The number of hydrogen-bond acceptors (Lipinski definition) is 3. The fraction of sp³-hybridized carbons (Fsp3) is 0.350. The third kappa shape index (κ3) is 5.59. The molecular weight excluding hydrogens is 346 g/mol. The number of aryl methyl sites for hydroxylation is 1. The maximum atomic E-state index is 12.4. The van der Waals surface area contributed by atoms with Crippen LogP contribution in [0.1, 0.15) is 18.1 Å². The van der Waals surface area contributed by atoms with Gasteiger partial charge in [0.2, 0.25) is 0 Å². The van der Waals surface area contributed by atoms with E-state index in [2.05, 4.69) is 29.4 Å². The monoisotopic (exact) mass is 373 g/mol. The van der Waals surface area contributed by atoms with Crippen LogP contribution in [-0.2, 0) is 16.4 Å². The zero-order valence-corrected chi connectivity index (χ0v) is 16.5. The van der Waals surface area contributed by atoms with Crippen LogP contribution in [0, 0.1) is 6.92 Å². The number of sulfone groups is 1. The highest BCUT2D eigenvalue weighted by Gasteiger charge is 2.14. The predicted molar refractivity (Wildman–Crippen MR) is 107 cm³/mol. The van der Waals surface area contributed by atoms with Crippen LogP contribution < -0.4 is 5.32 Å². The molecule has 0 radical (unpaired) electrons. The van der Waals surface area contributed by atoms with Crippen LogP contribution in [0.3, 0.4) is 0 Å². The van der Waals surface area contributed by atoms with Gasteiger partial charge >= 0.3 is 0 Å². The Morgan fingerprint density at radius 3 is 2.38 bits per heavy atom. The largest absolute Gasteiger partial charge is 0.357 e. The van der Waals surface area contributed by atoms with E-state index in [0.717, 1.165) is 6.54 Å². The average Bonchev–Trinajstić information content (AvgIpc) is 2.63. The Labute approximate surface area is 156 Å². The van der Waals surface area contributed by atoms with Crippen LogP contribution in [0.4, 0.5) is 0 Å². The average molecular weight is 374 g/mol. The summed E-state index contributed by atoms with van der Waals surface area (Å²) in [6.45, 7) is 5.74. The van der Waals surface area contributed by atoms with E-state index >= 15 is 0 Å².